The fourth-order valence-corrected chi connectivity index (χ4v) is 5.20. The molecule has 2 fully saturated rings. The number of hydrogen-bond donors (Lipinski definition) is 0. The van der Waals surface area contributed by atoms with Crippen LogP contribution in [0.2, 0.25) is 0 Å². The van der Waals surface area contributed by atoms with E-state index in [1.807, 2.05) is 22.8 Å². The van der Waals surface area contributed by atoms with Crippen LogP contribution >= 0.6 is 0 Å². The minimum Gasteiger partial charge on any atom is -0.368 e. The second-order valence-electron chi connectivity index (χ2n) is 8.86. The van der Waals surface area contributed by atoms with Crippen molar-refractivity contribution in [1.29, 1.82) is 5.26 Å². The molecule has 0 atom stereocenters. The van der Waals surface area contributed by atoms with Gasteiger partial charge in [-0.15, -0.1) is 0 Å². The van der Waals surface area contributed by atoms with E-state index >= 15 is 0 Å². The van der Waals surface area contributed by atoms with Crippen LogP contribution in [0.1, 0.15) is 24.5 Å². The van der Waals surface area contributed by atoms with Gasteiger partial charge in [0, 0.05) is 61.4 Å². The summed E-state index contributed by atoms with van der Waals surface area (Å²) < 4.78 is 1.86. The smallest absolute Gasteiger partial charge is 0.298 e. The third-order valence-electron chi connectivity index (χ3n) is 6.77. The van der Waals surface area contributed by atoms with Crippen LogP contribution in [0, 0.1) is 35.5 Å². The predicted molar refractivity (Wildman–Crippen MR) is 123 cm³/mol. The third-order valence-corrected chi connectivity index (χ3v) is 6.77. The minimum atomic E-state index is -0.0994. The number of aromatic nitrogens is 3. The molecule has 0 bridgehead atoms. The van der Waals surface area contributed by atoms with E-state index in [-0.39, 0.29) is 11.3 Å². The highest BCUT2D eigenvalue weighted by Gasteiger charge is 2.49. The molecule has 2 aromatic heterocycles. The Morgan fingerprint density at radius 1 is 1.19 bits per heavy atom. The molecule has 0 N–H and O–H groups in total. The molecule has 2 aliphatic heterocycles. The summed E-state index contributed by atoms with van der Waals surface area (Å²) in [6.07, 6.45) is 6.42. The van der Waals surface area contributed by atoms with Gasteiger partial charge in [0.25, 0.3) is 5.91 Å². The number of fused-ring (bicyclic) bond motifs is 1. The van der Waals surface area contributed by atoms with Crippen LogP contribution in [0.25, 0.3) is 22.0 Å². The number of hydrogen-bond acceptors (Lipinski definition) is 5. The Hall–Kier alpha value is -3.84. The van der Waals surface area contributed by atoms with E-state index in [0.717, 1.165) is 65.9 Å². The lowest BCUT2D eigenvalue weighted by atomic mass is 9.79. The van der Waals surface area contributed by atoms with Gasteiger partial charge in [0.05, 0.1) is 29.2 Å². The molecule has 1 aromatic carbocycles. The summed E-state index contributed by atoms with van der Waals surface area (Å²) in [5.74, 6) is 5.21. The summed E-state index contributed by atoms with van der Waals surface area (Å²) >= 11 is 0. The van der Waals surface area contributed by atoms with E-state index in [0.29, 0.717) is 5.56 Å². The van der Waals surface area contributed by atoms with Gasteiger partial charge < -0.3 is 9.80 Å². The maximum Gasteiger partial charge on any atom is 0.298 e. The molecule has 3 aromatic rings. The number of nitrogens with zero attached hydrogens (tertiary/aromatic N) is 6. The van der Waals surface area contributed by atoms with Gasteiger partial charge in [-0.3, -0.25) is 14.5 Å². The zero-order valence-electron chi connectivity index (χ0n) is 18.5. The molecule has 4 heterocycles. The number of carbonyl (C=O) groups excluding carboxylic acids is 1. The summed E-state index contributed by atoms with van der Waals surface area (Å²) in [4.78, 5) is 20.6. The third kappa shape index (κ3) is 3.01. The van der Waals surface area contributed by atoms with Crippen molar-refractivity contribution in [2.24, 2.45) is 12.5 Å². The van der Waals surface area contributed by atoms with Crippen LogP contribution in [0.5, 0.6) is 0 Å². The van der Waals surface area contributed by atoms with Crippen molar-refractivity contribution in [2.75, 3.05) is 31.1 Å². The highest BCUT2D eigenvalue weighted by molar-refractivity contribution is 5.98. The number of aryl methyl sites for hydroxylation is 2. The molecule has 1 amide bonds. The number of nitriles is 1. The second kappa shape index (κ2) is 7.39. The first-order valence-corrected chi connectivity index (χ1v) is 10.7. The first-order chi connectivity index (χ1) is 15.5. The molecule has 7 nitrogen and oxygen atoms in total. The predicted octanol–water partition coefficient (Wildman–Crippen LogP) is 2.88. The minimum absolute atomic E-state index is 0.0752. The fraction of sp³-hybridized carbons (Fsp3) is 0.360. The molecule has 1 spiro atoms. The van der Waals surface area contributed by atoms with Gasteiger partial charge in [-0.05, 0) is 31.8 Å². The van der Waals surface area contributed by atoms with Crippen molar-refractivity contribution in [3.63, 3.8) is 0 Å². The van der Waals surface area contributed by atoms with E-state index in [2.05, 4.69) is 51.9 Å². The molecule has 2 aliphatic rings. The molecule has 0 unspecified atom stereocenters. The number of anilines is 1. The Balaban J connectivity index is 1.50. The van der Waals surface area contributed by atoms with Gasteiger partial charge >= 0.3 is 0 Å². The van der Waals surface area contributed by atoms with Crippen LogP contribution in [0.3, 0.4) is 0 Å². The van der Waals surface area contributed by atoms with Crippen LogP contribution in [-0.4, -0.2) is 51.8 Å². The molecule has 7 heteroatoms. The summed E-state index contributed by atoms with van der Waals surface area (Å²) in [5.41, 5.74) is 5.49. The molecule has 0 aliphatic carbocycles. The lowest BCUT2D eigenvalue weighted by Crippen LogP contribution is -2.59. The molecular weight excluding hydrogens is 400 g/mol. The Morgan fingerprint density at radius 3 is 2.75 bits per heavy atom. The monoisotopic (exact) mass is 424 g/mol. The fourth-order valence-electron chi connectivity index (χ4n) is 5.20. The maximum atomic E-state index is 12.0. The highest BCUT2D eigenvalue weighted by atomic mass is 16.2. The lowest BCUT2D eigenvalue weighted by molar-refractivity contribution is -0.135. The van der Waals surface area contributed by atoms with E-state index in [4.69, 9.17) is 0 Å². The van der Waals surface area contributed by atoms with Crippen molar-refractivity contribution in [1.82, 2.24) is 19.7 Å². The summed E-state index contributed by atoms with van der Waals surface area (Å²) in [7, 11) is 1.92. The second-order valence-corrected chi connectivity index (χ2v) is 8.86. The SMILES string of the molecule is CC#CC(=O)N1CC2(CCN(c3cncc(-c4c(C)ccc5cnn(C)c45)c3C#N)C2)C1. The molecule has 2 saturated heterocycles. The number of carbonyl (C=O) groups is 1. The average molecular weight is 425 g/mol. The van der Waals surface area contributed by atoms with Crippen LogP contribution in [0.15, 0.2) is 30.7 Å². The zero-order valence-corrected chi connectivity index (χ0v) is 18.5. The van der Waals surface area contributed by atoms with Crippen LogP contribution in [0.4, 0.5) is 5.69 Å². The Labute approximate surface area is 187 Å². The average Bonchev–Trinajstić information content (AvgIpc) is 3.37. The van der Waals surface area contributed by atoms with Crippen molar-refractivity contribution >= 4 is 22.5 Å². The Morgan fingerprint density at radius 2 is 2.00 bits per heavy atom. The zero-order chi connectivity index (χ0) is 22.5. The van der Waals surface area contributed by atoms with Gasteiger partial charge in [-0.2, -0.15) is 10.4 Å². The lowest BCUT2D eigenvalue weighted by Gasteiger charge is -2.47. The quantitative estimate of drug-likeness (QED) is 0.591. The number of amides is 1. The van der Waals surface area contributed by atoms with Gasteiger partial charge in [-0.25, -0.2) is 0 Å². The van der Waals surface area contributed by atoms with Gasteiger partial charge in [0.15, 0.2) is 0 Å². The summed E-state index contributed by atoms with van der Waals surface area (Å²) in [6.45, 7) is 6.83. The van der Waals surface area contributed by atoms with Gasteiger partial charge in [0.2, 0.25) is 0 Å². The first-order valence-electron chi connectivity index (χ1n) is 10.7. The van der Waals surface area contributed by atoms with Crippen molar-refractivity contribution in [3.05, 3.63) is 41.9 Å². The highest BCUT2D eigenvalue weighted by Crippen LogP contribution is 2.43. The summed E-state index contributed by atoms with van der Waals surface area (Å²) in [5, 5.41) is 15.6. The van der Waals surface area contributed by atoms with Gasteiger partial charge in [-0.1, -0.05) is 18.1 Å². The molecule has 0 radical (unpaired) electrons. The number of likely N-dealkylation sites (tertiary alicyclic amines) is 1. The van der Waals surface area contributed by atoms with E-state index in [9.17, 15) is 10.1 Å². The Bertz CT molecular complexity index is 1350. The van der Waals surface area contributed by atoms with Crippen LogP contribution in [-0.2, 0) is 11.8 Å². The molecular formula is C25H24N6O. The Kier molecular flexibility index (Phi) is 4.64. The van der Waals surface area contributed by atoms with Crippen molar-refractivity contribution < 1.29 is 4.79 Å². The van der Waals surface area contributed by atoms with E-state index < -0.39 is 0 Å². The molecule has 160 valence electrons. The largest absolute Gasteiger partial charge is 0.368 e. The number of rotatable bonds is 2. The van der Waals surface area contributed by atoms with E-state index in [1.54, 1.807) is 19.3 Å². The first kappa shape index (κ1) is 20.1. The molecule has 0 saturated carbocycles. The summed E-state index contributed by atoms with van der Waals surface area (Å²) in [6, 6.07) is 6.58. The topological polar surface area (TPSA) is 78.1 Å². The number of pyridine rings is 1. The standard InChI is InChI=1S/C25H24N6O/c1-4-5-22(32)31-15-25(16-31)8-9-30(14-25)21-13-27-12-20(19(21)10-26)23-17(2)6-7-18-11-28-29(3)24(18)23/h6-7,11-13H,8-9,14-16H2,1-3H3. The van der Waals surface area contributed by atoms with Crippen LogP contribution < -0.4 is 4.90 Å². The van der Waals surface area contributed by atoms with Crippen molar-refractivity contribution in [3.8, 4) is 29.0 Å². The van der Waals surface area contributed by atoms with Gasteiger partial charge in [0.1, 0.15) is 6.07 Å². The normalized spacial score (nSPS) is 16.6. The maximum absolute atomic E-state index is 12.0. The molecule has 5 rings (SSSR count). The van der Waals surface area contributed by atoms with E-state index in [1.165, 1.54) is 0 Å². The molecule has 32 heavy (non-hydrogen) atoms. The number of benzene rings is 1. The van der Waals surface area contributed by atoms with Crippen molar-refractivity contribution in [2.45, 2.75) is 20.3 Å².